The third-order valence-corrected chi connectivity index (χ3v) is 4.67. The number of nitriles is 1. The smallest absolute Gasteiger partial charge is 0.262 e. The Morgan fingerprint density at radius 2 is 2.10 bits per heavy atom. The third kappa shape index (κ3) is 4.44. The summed E-state index contributed by atoms with van der Waals surface area (Å²) in [6, 6.07) is 8.01. The van der Waals surface area contributed by atoms with Crippen LogP contribution in [-0.2, 0) is 4.79 Å². The summed E-state index contributed by atoms with van der Waals surface area (Å²) < 4.78 is 0.973. The van der Waals surface area contributed by atoms with Crippen LogP contribution in [0.4, 0.5) is 0 Å². The van der Waals surface area contributed by atoms with Gasteiger partial charge in [-0.25, -0.2) is 0 Å². The number of carbonyl (C=O) groups is 1. The number of nitrogens with zero attached hydrogens (tertiary/aromatic N) is 1. The molecule has 21 heavy (non-hydrogen) atoms. The second-order valence-corrected chi connectivity index (χ2v) is 6.34. The first-order chi connectivity index (χ1) is 10.1. The Labute approximate surface area is 134 Å². The average Bonchev–Trinajstić information content (AvgIpc) is 2.49. The minimum absolute atomic E-state index is 0.163. The maximum absolute atomic E-state index is 12.2. The first kappa shape index (κ1) is 15.8. The van der Waals surface area contributed by atoms with Gasteiger partial charge < -0.3 is 5.32 Å². The van der Waals surface area contributed by atoms with E-state index in [4.69, 9.17) is 0 Å². The maximum Gasteiger partial charge on any atom is 0.262 e. The Hall–Kier alpha value is -1.60. The molecule has 1 amide bonds. The zero-order valence-corrected chi connectivity index (χ0v) is 13.7. The Morgan fingerprint density at radius 1 is 1.38 bits per heavy atom. The summed E-state index contributed by atoms with van der Waals surface area (Å²) in [6.07, 6.45) is 7.22. The standard InChI is InChI=1S/C17H19BrN2O/c1-12-7-8-13(10-16(12)18)9-14(11-19)17(21)20-15-5-3-2-4-6-15/h7-10,15H,2-6H2,1H3,(H,20,21)/b14-9+. The molecule has 3 nitrogen and oxygen atoms in total. The number of hydrogen-bond donors (Lipinski definition) is 1. The summed E-state index contributed by atoms with van der Waals surface area (Å²) >= 11 is 3.46. The monoisotopic (exact) mass is 346 g/mol. The number of carbonyl (C=O) groups excluding carboxylic acids is 1. The van der Waals surface area contributed by atoms with Crippen molar-refractivity contribution < 1.29 is 4.79 Å². The lowest BCUT2D eigenvalue weighted by atomic mass is 9.95. The van der Waals surface area contributed by atoms with Gasteiger partial charge in [0.2, 0.25) is 0 Å². The van der Waals surface area contributed by atoms with E-state index in [-0.39, 0.29) is 17.5 Å². The number of aryl methyl sites for hydroxylation is 1. The van der Waals surface area contributed by atoms with E-state index >= 15 is 0 Å². The molecule has 0 unspecified atom stereocenters. The Kier molecular flexibility index (Phi) is 5.58. The van der Waals surface area contributed by atoms with Crippen LogP contribution in [0.15, 0.2) is 28.2 Å². The Balaban J connectivity index is 2.10. The van der Waals surface area contributed by atoms with Gasteiger partial charge in [-0.1, -0.05) is 47.3 Å². The highest BCUT2D eigenvalue weighted by Gasteiger charge is 2.18. The molecule has 0 heterocycles. The number of halogens is 1. The van der Waals surface area contributed by atoms with Crippen molar-refractivity contribution in [2.45, 2.75) is 45.1 Å². The first-order valence-corrected chi connectivity index (χ1v) is 8.08. The van der Waals surface area contributed by atoms with E-state index in [0.717, 1.165) is 41.3 Å². The summed E-state index contributed by atoms with van der Waals surface area (Å²) in [6.45, 7) is 2.00. The fourth-order valence-electron chi connectivity index (χ4n) is 2.52. The lowest BCUT2D eigenvalue weighted by Gasteiger charge is -2.22. The predicted octanol–water partition coefficient (Wildman–Crippen LogP) is 4.11. The molecular formula is C17H19BrN2O. The van der Waals surface area contributed by atoms with E-state index in [2.05, 4.69) is 21.2 Å². The van der Waals surface area contributed by atoms with Gasteiger partial charge in [0.15, 0.2) is 0 Å². The largest absolute Gasteiger partial charge is 0.349 e. The molecule has 1 aromatic carbocycles. The van der Waals surface area contributed by atoms with Crippen molar-refractivity contribution in [3.8, 4) is 6.07 Å². The average molecular weight is 347 g/mol. The summed E-state index contributed by atoms with van der Waals surface area (Å²) in [7, 11) is 0. The number of amides is 1. The highest BCUT2D eigenvalue weighted by atomic mass is 79.9. The van der Waals surface area contributed by atoms with Crippen molar-refractivity contribution in [1.82, 2.24) is 5.32 Å². The normalized spacial score (nSPS) is 16.3. The fourth-order valence-corrected chi connectivity index (χ4v) is 2.92. The van der Waals surface area contributed by atoms with Gasteiger partial charge in [0, 0.05) is 10.5 Å². The van der Waals surface area contributed by atoms with Gasteiger partial charge in [-0.2, -0.15) is 5.26 Å². The molecule has 0 bridgehead atoms. The van der Waals surface area contributed by atoms with Gasteiger partial charge in [-0.15, -0.1) is 0 Å². The SMILES string of the molecule is Cc1ccc(/C=C(\C#N)C(=O)NC2CCCCC2)cc1Br. The van der Waals surface area contributed by atoms with Gasteiger partial charge >= 0.3 is 0 Å². The van der Waals surface area contributed by atoms with E-state index in [1.165, 1.54) is 6.42 Å². The molecule has 0 radical (unpaired) electrons. The van der Waals surface area contributed by atoms with Crippen LogP contribution < -0.4 is 5.32 Å². The summed E-state index contributed by atoms with van der Waals surface area (Å²) in [5.74, 6) is -0.263. The zero-order valence-electron chi connectivity index (χ0n) is 12.2. The van der Waals surface area contributed by atoms with Crippen LogP contribution in [0.2, 0.25) is 0 Å². The molecule has 2 rings (SSSR count). The van der Waals surface area contributed by atoms with Crippen LogP contribution in [0, 0.1) is 18.3 Å². The third-order valence-electron chi connectivity index (χ3n) is 3.81. The molecule has 0 atom stereocenters. The highest BCUT2D eigenvalue weighted by molar-refractivity contribution is 9.10. The van der Waals surface area contributed by atoms with Gasteiger partial charge in [0.1, 0.15) is 11.6 Å². The van der Waals surface area contributed by atoms with Crippen LogP contribution in [0.1, 0.15) is 43.2 Å². The van der Waals surface area contributed by atoms with E-state index in [9.17, 15) is 10.1 Å². The van der Waals surface area contributed by atoms with Crippen LogP contribution >= 0.6 is 15.9 Å². The second kappa shape index (κ2) is 7.42. The van der Waals surface area contributed by atoms with Crippen molar-refractivity contribution in [1.29, 1.82) is 5.26 Å². The van der Waals surface area contributed by atoms with Crippen molar-refractivity contribution >= 4 is 27.9 Å². The van der Waals surface area contributed by atoms with Crippen LogP contribution in [0.3, 0.4) is 0 Å². The molecular weight excluding hydrogens is 328 g/mol. The first-order valence-electron chi connectivity index (χ1n) is 7.29. The molecule has 1 aromatic rings. The van der Waals surface area contributed by atoms with Crippen LogP contribution in [0.5, 0.6) is 0 Å². The highest BCUT2D eigenvalue weighted by Crippen LogP contribution is 2.20. The molecule has 0 saturated heterocycles. The lowest BCUT2D eigenvalue weighted by molar-refractivity contribution is -0.117. The minimum Gasteiger partial charge on any atom is -0.349 e. The maximum atomic E-state index is 12.2. The fraction of sp³-hybridized carbons (Fsp3) is 0.412. The van der Waals surface area contributed by atoms with Crippen LogP contribution in [-0.4, -0.2) is 11.9 Å². The molecule has 1 aliphatic rings. The number of hydrogen-bond acceptors (Lipinski definition) is 2. The van der Waals surface area contributed by atoms with Crippen molar-refractivity contribution in [3.05, 3.63) is 39.4 Å². The molecule has 110 valence electrons. The molecule has 0 aromatic heterocycles. The summed E-state index contributed by atoms with van der Waals surface area (Å²) in [4.78, 5) is 12.2. The molecule has 0 spiro atoms. The quantitative estimate of drug-likeness (QED) is 0.661. The summed E-state index contributed by atoms with van der Waals surface area (Å²) in [5, 5.41) is 12.2. The number of nitrogens with one attached hydrogen (secondary N) is 1. The van der Waals surface area contributed by atoms with Gasteiger partial charge in [0.05, 0.1) is 0 Å². The van der Waals surface area contributed by atoms with E-state index < -0.39 is 0 Å². The number of benzene rings is 1. The molecule has 4 heteroatoms. The van der Waals surface area contributed by atoms with Crippen molar-refractivity contribution in [2.75, 3.05) is 0 Å². The Morgan fingerprint density at radius 3 is 2.71 bits per heavy atom. The van der Waals surface area contributed by atoms with E-state index in [1.807, 2.05) is 31.2 Å². The molecule has 1 N–H and O–H groups in total. The predicted molar refractivity (Wildman–Crippen MR) is 87.5 cm³/mol. The lowest BCUT2D eigenvalue weighted by Crippen LogP contribution is -2.36. The number of rotatable bonds is 3. The zero-order chi connectivity index (χ0) is 15.2. The van der Waals surface area contributed by atoms with Gasteiger partial charge in [-0.05, 0) is 43.0 Å². The molecule has 1 aliphatic carbocycles. The second-order valence-electron chi connectivity index (χ2n) is 5.49. The molecule has 1 saturated carbocycles. The summed E-state index contributed by atoms with van der Waals surface area (Å²) in [5.41, 5.74) is 2.14. The van der Waals surface area contributed by atoms with E-state index in [0.29, 0.717) is 0 Å². The van der Waals surface area contributed by atoms with Crippen LogP contribution in [0.25, 0.3) is 6.08 Å². The Bertz CT molecular complexity index is 595. The van der Waals surface area contributed by atoms with Crippen molar-refractivity contribution in [2.24, 2.45) is 0 Å². The topological polar surface area (TPSA) is 52.9 Å². The minimum atomic E-state index is -0.263. The van der Waals surface area contributed by atoms with E-state index in [1.54, 1.807) is 6.08 Å². The van der Waals surface area contributed by atoms with Crippen molar-refractivity contribution in [3.63, 3.8) is 0 Å². The van der Waals surface area contributed by atoms with Gasteiger partial charge in [0.25, 0.3) is 5.91 Å². The van der Waals surface area contributed by atoms with Gasteiger partial charge in [-0.3, -0.25) is 4.79 Å². The molecule has 0 aliphatic heterocycles. The molecule has 1 fully saturated rings.